The van der Waals surface area contributed by atoms with Crippen LogP contribution in [0.1, 0.15) is 20.3 Å². The van der Waals surface area contributed by atoms with Gasteiger partial charge in [0.2, 0.25) is 11.1 Å². The number of carbonyl (C=O) groups is 1. The van der Waals surface area contributed by atoms with E-state index in [1.54, 1.807) is 6.92 Å². The number of rotatable bonds is 6. The van der Waals surface area contributed by atoms with Crippen molar-refractivity contribution in [1.82, 2.24) is 25.1 Å². The number of carbonyl (C=O) groups excluding carboxylic acids is 1. The predicted molar refractivity (Wildman–Crippen MR) is 100 cm³/mol. The van der Waals surface area contributed by atoms with E-state index in [1.165, 1.54) is 11.8 Å². The van der Waals surface area contributed by atoms with Crippen LogP contribution in [-0.4, -0.2) is 37.5 Å². The van der Waals surface area contributed by atoms with Crippen LogP contribution in [0.15, 0.2) is 29.4 Å². The van der Waals surface area contributed by atoms with Crippen LogP contribution in [0.2, 0.25) is 0 Å². The van der Waals surface area contributed by atoms with E-state index in [0.29, 0.717) is 5.16 Å². The van der Waals surface area contributed by atoms with Crippen LogP contribution in [0.25, 0.3) is 22.1 Å². The third-order valence-electron chi connectivity index (χ3n) is 3.82. The summed E-state index contributed by atoms with van der Waals surface area (Å²) in [5.41, 5.74) is 2.69. The van der Waals surface area contributed by atoms with Gasteiger partial charge in [-0.15, -0.1) is 16.6 Å². The second-order valence-electron chi connectivity index (χ2n) is 5.62. The van der Waals surface area contributed by atoms with Crippen LogP contribution in [0.4, 0.5) is 0 Å². The van der Waals surface area contributed by atoms with Crippen LogP contribution in [0.5, 0.6) is 0 Å². The third kappa shape index (κ3) is 3.44. The lowest BCUT2D eigenvalue weighted by Gasteiger charge is -2.09. The zero-order valence-electron chi connectivity index (χ0n) is 14.2. The molecule has 3 rings (SSSR count). The molecule has 0 saturated carbocycles. The van der Waals surface area contributed by atoms with Crippen molar-refractivity contribution in [2.24, 2.45) is 0 Å². The van der Waals surface area contributed by atoms with Crippen molar-refractivity contribution >= 4 is 39.7 Å². The fourth-order valence-corrected chi connectivity index (χ4v) is 3.42. The summed E-state index contributed by atoms with van der Waals surface area (Å²) >= 11 is 1.27. The lowest BCUT2D eigenvalue weighted by molar-refractivity contribution is -0.120. The van der Waals surface area contributed by atoms with Gasteiger partial charge in [0.1, 0.15) is 5.52 Å². The number of hydrogen-bond acceptors (Lipinski definition) is 5. The quantitative estimate of drug-likeness (QED) is 0.545. The Labute approximate surface area is 150 Å². The first kappa shape index (κ1) is 17.2. The lowest BCUT2D eigenvalue weighted by Crippen LogP contribution is -2.31. The van der Waals surface area contributed by atoms with E-state index in [1.807, 2.05) is 18.2 Å². The minimum Gasteiger partial charge on any atom is -0.344 e. The van der Waals surface area contributed by atoms with E-state index in [9.17, 15) is 4.79 Å². The summed E-state index contributed by atoms with van der Waals surface area (Å²) < 4.78 is 2.16. The molecule has 6 nitrogen and oxygen atoms in total. The topological polar surface area (TPSA) is 72.7 Å². The van der Waals surface area contributed by atoms with Crippen LogP contribution in [-0.2, 0) is 11.3 Å². The highest BCUT2D eigenvalue weighted by atomic mass is 32.2. The number of hydrogen-bond donors (Lipinski definition) is 1. The van der Waals surface area contributed by atoms with Crippen molar-refractivity contribution in [2.75, 3.05) is 6.54 Å². The highest BCUT2D eigenvalue weighted by molar-refractivity contribution is 8.00. The number of aryl methyl sites for hydroxylation is 1. The number of nitrogens with one attached hydrogen (secondary N) is 1. The molecule has 0 aliphatic heterocycles. The van der Waals surface area contributed by atoms with Gasteiger partial charge in [-0.1, -0.05) is 42.8 Å². The van der Waals surface area contributed by atoms with E-state index < -0.39 is 0 Å². The van der Waals surface area contributed by atoms with Crippen LogP contribution < -0.4 is 5.32 Å². The number of aromatic nitrogens is 4. The molecular formula is C18H19N5OS. The average molecular weight is 353 g/mol. The van der Waals surface area contributed by atoms with Gasteiger partial charge in [-0.25, -0.2) is 4.98 Å². The summed E-state index contributed by atoms with van der Waals surface area (Å²) in [4.78, 5) is 16.6. The Bertz CT molecular complexity index is 959. The van der Waals surface area contributed by atoms with E-state index in [-0.39, 0.29) is 17.7 Å². The van der Waals surface area contributed by atoms with Crippen molar-refractivity contribution in [2.45, 2.75) is 37.2 Å². The molecule has 0 spiro atoms. The molecular weight excluding hydrogens is 334 g/mol. The van der Waals surface area contributed by atoms with Crippen molar-refractivity contribution in [3.05, 3.63) is 24.3 Å². The van der Waals surface area contributed by atoms with Gasteiger partial charge in [-0.2, -0.15) is 0 Å². The summed E-state index contributed by atoms with van der Waals surface area (Å²) in [6, 6.07) is 8.09. The molecule has 1 unspecified atom stereocenters. The van der Waals surface area contributed by atoms with Gasteiger partial charge in [0.25, 0.3) is 0 Å². The molecule has 0 radical (unpaired) electrons. The van der Waals surface area contributed by atoms with E-state index >= 15 is 0 Å². The van der Waals surface area contributed by atoms with Gasteiger partial charge in [-0.3, -0.25) is 4.79 Å². The van der Waals surface area contributed by atoms with Crippen molar-refractivity contribution in [3.8, 4) is 12.3 Å². The molecule has 2 aromatic heterocycles. The van der Waals surface area contributed by atoms with E-state index in [0.717, 1.165) is 35.0 Å². The molecule has 0 saturated heterocycles. The Morgan fingerprint density at radius 3 is 2.96 bits per heavy atom. The average Bonchev–Trinajstić information content (AvgIpc) is 2.93. The van der Waals surface area contributed by atoms with Gasteiger partial charge < -0.3 is 9.88 Å². The largest absolute Gasteiger partial charge is 0.344 e. The van der Waals surface area contributed by atoms with E-state index in [2.05, 4.69) is 44.0 Å². The second kappa shape index (κ2) is 7.53. The maximum atomic E-state index is 12.0. The zero-order chi connectivity index (χ0) is 17.8. The Morgan fingerprint density at radius 1 is 1.40 bits per heavy atom. The smallest absolute Gasteiger partial charge is 0.234 e. The number of para-hydroxylation sites is 1. The summed E-state index contributed by atoms with van der Waals surface area (Å²) in [7, 11) is 0. The SMILES string of the molecule is C#CCNC(=O)C(C)Sc1nnc2c3ccccc3n(CCC)c2n1. The van der Waals surface area contributed by atoms with E-state index in [4.69, 9.17) is 6.42 Å². The summed E-state index contributed by atoms with van der Waals surface area (Å²) in [6.07, 6.45) is 6.16. The Kier molecular flexibility index (Phi) is 5.19. The minimum atomic E-state index is -0.350. The standard InChI is InChI=1S/C18H19N5OS/c1-4-10-19-17(24)12(3)25-18-20-16-15(21-22-18)13-8-6-7-9-14(13)23(16)11-5-2/h1,6-9,12H,5,10-11H2,2-3H3,(H,19,24). The molecule has 0 aliphatic carbocycles. The molecule has 1 atom stereocenters. The van der Waals surface area contributed by atoms with Gasteiger partial charge in [0.15, 0.2) is 5.65 Å². The molecule has 0 bridgehead atoms. The predicted octanol–water partition coefficient (Wildman–Crippen LogP) is 2.62. The Hall–Kier alpha value is -2.59. The molecule has 128 valence electrons. The number of terminal acetylenes is 1. The first-order chi connectivity index (χ1) is 12.2. The Balaban J connectivity index is 1.96. The van der Waals surface area contributed by atoms with Crippen LogP contribution >= 0.6 is 11.8 Å². The summed E-state index contributed by atoms with van der Waals surface area (Å²) in [5, 5.41) is 12.4. The highest BCUT2D eigenvalue weighted by Gasteiger charge is 2.18. The van der Waals surface area contributed by atoms with Crippen LogP contribution in [0.3, 0.4) is 0 Å². The van der Waals surface area contributed by atoms with Gasteiger partial charge in [-0.05, 0) is 19.4 Å². The fraction of sp³-hybridized carbons (Fsp3) is 0.333. The zero-order valence-corrected chi connectivity index (χ0v) is 15.0. The monoisotopic (exact) mass is 353 g/mol. The van der Waals surface area contributed by atoms with Crippen molar-refractivity contribution < 1.29 is 4.79 Å². The summed E-state index contributed by atoms with van der Waals surface area (Å²) in [5.74, 6) is 2.25. The summed E-state index contributed by atoms with van der Waals surface area (Å²) in [6.45, 7) is 4.99. The first-order valence-corrected chi connectivity index (χ1v) is 9.03. The first-order valence-electron chi connectivity index (χ1n) is 8.15. The number of amides is 1. The molecule has 3 aromatic rings. The highest BCUT2D eigenvalue weighted by Crippen LogP contribution is 2.28. The molecule has 7 heteroatoms. The number of fused-ring (bicyclic) bond motifs is 3. The van der Waals surface area contributed by atoms with Crippen molar-refractivity contribution in [3.63, 3.8) is 0 Å². The molecule has 1 aromatic carbocycles. The molecule has 0 aliphatic rings. The molecule has 1 amide bonds. The van der Waals surface area contributed by atoms with Gasteiger partial charge >= 0.3 is 0 Å². The van der Waals surface area contributed by atoms with Crippen molar-refractivity contribution in [1.29, 1.82) is 0 Å². The number of benzene rings is 1. The fourth-order valence-electron chi connectivity index (χ4n) is 2.68. The van der Waals surface area contributed by atoms with Gasteiger partial charge in [0.05, 0.1) is 17.3 Å². The minimum absolute atomic E-state index is 0.138. The number of nitrogens with zero attached hydrogens (tertiary/aromatic N) is 4. The molecule has 25 heavy (non-hydrogen) atoms. The van der Waals surface area contributed by atoms with Gasteiger partial charge in [0, 0.05) is 11.9 Å². The maximum Gasteiger partial charge on any atom is 0.234 e. The second-order valence-corrected chi connectivity index (χ2v) is 6.93. The normalized spacial score (nSPS) is 12.2. The Morgan fingerprint density at radius 2 is 2.20 bits per heavy atom. The molecule has 2 heterocycles. The van der Waals surface area contributed by atoms with Crippen LogP contribution in [0, 0.1) is 12.3 Å². The number of thioether (sulfide) groups is 1. The lowest BCUT2D eigenvalue weighted by atomic mass is 10.2. The third-order valence-corrected chi connectivity index (χ3v) is 4.77. The molecule has 1 N–H and O–H groups in total. The molecule has 0 fully saturated rings. The maximum absolute atomic E-state index is 12.0.